The van der Waals surface area contributed by atoms with Crippen LogP contribution >= 0.6 is 23.2 Å². The zero-order chi connectivity index (χ0) is 18.2. The van der Waals surface area contributed by atoms with Crippen LogP contribution in [0.3, 0.4) is 0 Å². The Morgan fingerprint density at radius 1 is 1.24 bits per heavy atom. The molecular weight excluding hydrogens is 359 g/mol. The van der Waals surface area contributed by atoms with E-state index in [1.165, 1.54) is 0 Å². The molecule has 0 spiro atoms. The van der Waals surface area contributed by atoms with E-state index in [-0.39, 0.29) is 5.91 Å². The van der Waals surface area contributed by atoms with Crippen molar-refractivity contribution in [3.8, 4) is 5.75 Å². The Labute approximate surface area is 158 Å². The number of carbonyl (C=O) groups excluding carboxylic acids is 1. The lowest BCUT2D eigenvalue weighted by molar-refractivity contribution is -0.885. The van der Waals surface area contributed by atoms with Gasteiger partial charge in [0.1, 0.15) is 18.9 Å². The predicted molar refractivity (Wildman–Crippen MR) is 103 cm³/mol. The van der Waals surface area contributed by atoms with E-state index in [1.54, 1.807) is 24.3 Å². The summed E-state index contributed by atoms with van der Waals surface area (Å²) in [6, 6.07) is 12.8. The normalized spacial score (nSPS) is 11.6. The number of quaternary nitrogens is 1. The SMILES string of the molecule is C=CCOc1ccc(C[NH+](C)CC(=O)Nc2ccc(Cl)cc2Cl)cc1. The molecule has 0 bridgehead atoms. The molecule has 2 aromatic carbocycles. The molecule has 132 valence electrons. The second-order valence-corrected chi connectivity index (χ2v) is 6.57. The molecule has 0 aliphatic rings. The maximum absolute atomic E-state index is 12.2. The molecule has 0 aliphatic carbocycles. The van der Waals surface area contributed by atoms with Gasteiger partial charge in [-0.15, -0.1) is 0 Å². The first-order valence-electron chi connectivity index (χ1n) is 7.86. The minimum atomic E-state index is -0.104. The first kappa shape index (κ1) is 19.3. The molecule has 0 radical (unpaired) electrons. The monoisotopic (exact) mass is 379 g/mol. The number of halogens is 2. The fourth-order valence-corrected chi connectivity index (χ4v) is 2.78. The van der Waals surface area contributed by atoms with Gasteiger partial charge in [-0.1, -0.05) is 35.9 Å². The molecule has 0 aromatic heterocycles. The number of carbonyl (C=O) groups is 1. The van der Waals surface area contributed by atoms with Crippen LogP contribution in [-0.4, -0.2) is 26.1 Å². The maximum Gasteiger partial charge on any atom is 0.279 e. The topological polar surface area (TPSA) is 42.8 Å². The number of benzene rings is 2. The molecule has 0 heterocycles. The standard InChI is InChI=1S/C19H20Cl2N2O2/c1-3-10-25-16-7-4-14(5-8-16)12-23(2)13-19(24)22-18-9-6-15(20)11-17(18)21/h3-9,11H,1,10,12-13H2,2H3,(H,22,24)/p+1. The lowest BCUT2D eigenvalue weighted by Crippen LogP contribution is -3.08. The van der Waals surface area contributed by atoms with Crippen molar-refractivity contribution in [1.29, 1.82) is 0 Å². The highest BCUT2D eigenvalue weighted by Crippen LogP contribution is 2.25. The van der Waals surface area contributed by atoms with Crippen LogP contribution in [0.25, 0.3) is 0 Å². The van der Waals surface area contributed by atoms with Crippen molar-refractivity contribution in [2.24, 2.45) is 0 Å². The highest BCUT2D eigenvalue weighted by molar-refractivity contribution is 6.36. The van der Waals surface area contributed by atoms with Crippen molar-refractivity contribution in [3.63, 3.8) is 0 Å². The fraction of sp³-hybridized carbons (Fsp3) is 0.211. The molecule has 1 atom stereocenters. The van der Waals surface area contributed by atoms with Gasteiger partial charge in [-0.3, -0.25) is 4.79 Å². The van der Waals surface area contributed by atoms with Crippen LogP contribution in [0.5, 0.6) is 5.75 Å². The Morgan fingerprint density at radius 2 is 1.96 bits per heavy atom. The summed E-state index contributed by atoms with van der Waals surface area (Å²) in [5, 5.41) is 3.76. The lowest BCUT2D eigenvalue weighted by Gasteiger charge is -2.15. The van der Waals surface area contributed by atoms with E-state index in [4.69, 9.17) is 27.9 Å². The smallest absolute Gasteiger partial charge is 0.279 e. The molecule has 25 heavy (non-hydrogen) atoms. The number of hydrogen-bond acceptors (Lipinski definition) is 2. The number of amides is 1. The number of hydrogen-bond donors (Lipinski definition) is 2. The number of anilines is 1. The number of nitrogens with one attached hydrogen (secondary N) is 2. The minimum Gasteiger partial charge on any atom is -0.490 e. The summed E-state index contributed by atoms with van der Waals surface area (Å²) < 4.78 is 5.45. The summed E-state index contributed by atoms with van der Waals surface area (Å²) in [5.74, 6) is 0.698. The third kappa shape index (κ3) is 6.42. The highest BCUT2D eigenvalue weighted by atomic mass is 35.5. The minimum absolute atomic E-state index is 0.104. The summed E-state index contributed by atoms with van der Waals surface area (Å²) in [4.78, 5) is 13.2. The molecule has 0 saturated carbocycles. The third-order valence-electron chi connectivity index (χ3n) is 3.46. The van der Waals surface area contributed by atoms with E-state index in [1.807, 2.05) is 31.3 Å². The third-order valence-corrected chi connectivity index (χ3v) is 4.01. The Bertz CT molecular complexity index is 733. The van der Waals surface area contributed by atoms with E-state index < -0.39 is 0 Å². The van der Waals surface area contributed by atoms with Gasteiger partial charge < -0.3 is 15.0 Å². The average molecular weight is 380 g/mol. The van der Waals surface area contributed by atoms with Crippen LogP contribution < -0.4 is 15.0 Å². The van der Waals surface area contributed by atoms with Crippen molar-refractivity contribution < 1.29 is 14.4 Å². The molecule has 0 aliphatic heterocycles. The van der Waals surface area contributed by atoms with Gasteiger partial charge in [-0.05, 0) is 42.5 Å². The first-order chi connectivity index (χ1) is 12.0. The second-order valence-electron chi connectivity index (χ2n) is 5.73. The van der Waals surface area contributed by atoms with E-state index in [0.717, 1.165) is 22.8 Å². The molecule has 4 nitrogen and oxygen atoms in total. The Kier molecular flexibility index (Phi) is 7.31. The summed E-state index contributed by atoms with van der Waals surface area (Å²) >= 11 is 11.9. The fourth-order valence-electron chi connectivity index (χ4n) is 2.33. The molecule has 0 saturated heterocycles. The van der Waals surface area contributed by atoms with Gasteiger partial charge in [0.15, 0.2) is 6.54 Å². The first-order valence-corrected chi connectivity index (χ1v) is 8.62. The van der Waals surface area contributed by atoms with Crippen LogP contribution in [0.4, 0.5) is 5.69 Å². The Balaban J connectivity index is 1.85. The number of ether oxygens (including phenoxy) is 1. The van der Waals surface area contributed by atoms with E-state index in [9.17, 15) is 4.79 Å². The molecule has 2 N–H and O–H groups in total. The zero-order valence-electron chi connectivity index (χ0n) is 14.0. The maximum atomic E-state index is 12.2. The summed E-state index contributed by atoms with van der Waals surface area (Å²) in [6.45, 7) is 5.16. The van der Waals surface area contributed by atoms with Crippen molar-refractivity contribution in [2.45, 2.75) is 6.54 Å². The summed E-state index contributed by atoms with van der Waals surface area (Å²) in [7, 11) is 1.96. The summed E-state index contributed by atoms with van der Waals surface area (Å²) in [5.41, 5.74) is 1.69. The van der Waals surface area contributed by atoms with Crippen molar-refractivity contribution in [2.75, 3.05) is 25.5 Å². The Morgan fingerprint density at radius 3 is 2.60 bits per heavy atom. The second kappa shape index (κ2) is 9.47. The molecule has 2 aromatic rings. The van der Waals surface area contributed by atoms with Gasteiger partial charge in [-0.25, -0.2) is 0 Å². The predicted octanol–water partition coefficient (Wildman–Crippen LogP) is 3.21. The van der Waals surface area contributed by atoms with Gasteiger partial charge in [0.05, 0.1) is 17.8 Å². The van der Waals surface area contributed by atoms with Crippen LogP contribution in [0.1, 0.15) is 5.56 Å². The number of rotatable bonds is 8. The molecule has 1 unspecified atom stereocenters. The van der Waals surface area contributed by atoms with Gasteiger partial charge in [0.25, 0.3) is 5.91 Å². The zero-order valence-corrected chi connectivity index (χ0v) is 15.5. The van der Waals surface area contributed by atoms with Crippen molar-refractivity contribution in [3.05, 3.63) is 70.7 Å². The average Bonchev–Trinajstić information content (AvgIpc) is 2.56. The van der Waals surface area contributed by atoms with E-state index in [2.05, 4.69) is 11.9 Å². The van der Waals surface area contributed by atoms with Gasteiger partial charge >= 0.3 is 0 Å². The van der Waals surface area contributed by atoms with Crippen LogP contribution in [0, 0.1) is 0 Å². The van der Waals surface area contributed by atoms with E-state index >= 15 is 0 Å². The highest BCUT2D eigenvalue weighted by Gasteiger charge is 2.12. The molecule has 2 rings (SSSR count). The van der Waals surface area contributed by atoms with Crippen molar-refractivity contribution in [1.82, 2.24) is 0 Å². The van der Waals surface area contributed by atoms with Crippen molar-refractivity contribution >= 4 is 34.8 Å². The van der Waals surface area contributed by atoms with Gasteiger partial charge in [0, 0.05) is 10.6 Å². The quantitative estimate of drug-likeness (QED) is 0.691. The molecule has 0 fully saturated rings. The molecule has 1 amide bonds. The van der Waals surface area contributed by atoms with Gasteiger partial charge in [0.2, 0.25) is 0 Å². The number of likely N-dealkylation sites (N-methyl/N-ethyl adjacent to an activating group) is 1. The lowest BCUT2D eigenvalue weighted by atomic mass is 10.2. The molecule has 6 heteroatoms. The van der Waals surface area contributed by atoms with Crippen LogP contribution in [0.2, 0.25) is 10.0 Å². The van der Waals surface area contributed by atoms with Gasteiger partial charge in [-0.2, -0.15) is 0 Å². The Hall–Kier alpha value is -2.01. The largest absolute Gasteiger partial charge is 0.490 e. The molecular formula is C19H21Cl2N2O2+. The summed E-state index contributed by atoms with van der Waals surface area (Å²) in [6.07, 6.45) is 1.71. The van der Waals surface area contributed by atoms with E-state index in [0.29, 0.717) is 28.9 Å². The van der Waals surface area contributed by atoms with Crippen LogP contribution in [0.15, 0.2) is 55.1 Å². The van der Waals surface area contributed by atoms with Crippen LogP contribution in [-0.2, 0) is 11.3 Å².